The Kier molecular flexibility index (Phi) is 4.90. The molecule has 1 aliphatic heterocycles. The van der Waals surface area contributed by atoms with Gasteiger partial charge in [0.1, 0.15) is 6.10 Å². The van der Waals surface area contributed by atoms with Crippen molar-refractivity contribution in [3.05, 3.63) is 82.4 Å². The van der Waals surface area contributed by atoms with Crippen molar-refractivity contribution < 1.29 is 14.7 Å². The number of halogens is 1. The largest absolute Gasteiger partial charge is 0.383 e. The smallest absolute Gasteiger partial charge is 0.247 e. The highest BCUT2D eigenvalue weighted by atomic mass is 35.5. The molecule has 4 rings (SSSR count). The van der Waals surface area contributed by atoms with Crippen LogP contribution < -0.4 is 16.0 Å². The van der Waals surface area contributed by atoms with E-state index in [0.717, 1.165) is 35.3 Å². The summed E-state index contributed by atoms with van der Waals surface area (Å²) in [6.07, 6.45) is 5.38. The zero-order valence-corrected chi connectivity index (χ0v) is 16.3. The number of nitrogens with one attached hydrogen (secondary N) is 1. The molecule has 2 unspecified atom stereocenters. The molecule has 0 spiro atoms. The SMILES string of the molecule is NC(=O)C1=CC=CC(NC=O)(N2c3ccccc3CCc3ccc(Cl)cc32)C1O. The van der Waals surface area contributed by atoms with Gasteiger partial charge in [-0.3, -0.25) is 9.59 Å². The monoisotopic (exact) mass is 409 g/mol. The van der Waals surface area contributed by atoms with Gasteiger partial charge >= 0.3 is 0 Å². The summed E-state index contributed by atoms with van der Waals surface area (Å²) < 4.78 is 0. The maximum absolute atomic E-state index is 12.0. The van der Waals surface area contributed by atoms with Crippen LogP contribution in [-0.2, 0) is 22.4 Å². The summed E-state index contributed by atoms with van der Waals surface area (Å²) in [4.78, 5) is 25.5. The summed E-state index contributed by atoms with van der Waals surface area (Å²) in [7, 11) is 0. The third-order valence-electron chi connectivity index (χ3n) is 5.47. The molecule has 0 saturated carbocycles. The van der Waals surface area contributed by atoms with Crippen molar-refractivity contribution in [1.82, 2.24) is 5.32 Å². The first-order valence-corrected chi connectivity index (χ1v) is 9.61. The third-order valence-corrected chi connectivity index (χ3v) is 5.70. The van der Waals surface area contributed by atoms with Crippen LogP contribution in [0.15, 0.2) is 66.3 Å². The summed E-state index contributed by atoms with van der Waals surface area (Å²) in [6.45, 7) is 0. The predicted octanol–water partition coefficient (Wildman–Crippen LogP) is 2.36. The van der Waals surface area contributed by atoms with Crippen LogP contribution >= 0.6 is 11.6 Å². The molecule has 29 heavy (non-hydrogen) atoms. The minimum atomic E-state index is -1.46. The van der Waals surface area contributed by atoms with Gasteiger partial charge < -0.3 is 21.1 Å². The Morgan fingerprint density at radius 3 is 2.66 bits per heavy atom. The number of carbonyl (C=O) groups is 2. The van der Waals surface area contributed by atoms with E-state index in [2.05, 4.69) is 5.32 Å². The van der Waals surface area contributed by atoms with Gasteiger partial charge in [-0.25, -0.2) is 0 Å². The minimum Gasteiger partial charge on any atom is -0.383 e. The van der Waals surface area contributed by atoms with Crippen LogP contribution in [0.3, 0.4) is 0 Å². The number of rotatable bonds is 4. The lowest BCUT2D eigenvalue weighted by atomic mass is 9.87. The number of allylic oxidation sites excluding steroid dienone is 2. The van der Waals surface area contributed by atoms with Crippen molar-refractivity contribution >= 4 is 35.3 Å². The number of nitrogens with zero attached hydrogens (tertiary/aromatic N) is 1. The number of para-hydroxylation sites is 1. The molecule has 0 saturated heterocycles. The topological polar surface area (TPSA) is 95.7 Å². The molecule has 0 bridgehead atoms. The lowest BCUT2D eigenvalue weighted by Gasteiger charge is -2.47. The highest BCUT2D eigenvalue weighted by Crippen LogP contribution is 2.44. The molecule has 2 aromatic rings. The number of anilines is 2. The van der Waals surface area contributed by atoms with E-state index in [4.69, 9.17) is 17.3 Å². The van der Waals surface area contributed by atoms with E-state index in [1.807, 2.05) is 41.3 Å². The number of fused-ring (bicyclic) bond motifs is 2. The van der Waals surface area contributed by atoms with Gasteiger partial charge in [-0.2, -0.15) is 0 Å². The number of nitrogens with two attached hydrogens (primary N) is 1. The fraction of sp³-hybridized carbons (Fsp3) is 0.182. The number of carbonyl (C=O) groups excluding carboxylic acids is 2. The highest BCUT2D eigenvalue weighted by molar-refractivity contribution is 6.31. The number of benzene rings is 2. The number of hydrogen-bond donors (Lipinski definition) is 3. The normalized spacial score (nSPS) is 22.8. The summed E-state index contributed by atoms with van der Waals surface area (Å²) in [6, 6.07) is 13.3. The number of hydrogen-bond acceptors (Lipinski definition) is 4. The van der Waals surface area contributed by atoms with Crippen LogP contribution in [-0.4, -0.2) is 29.2 Å². The molecule has 0 fully saturated rings. The van der Waals surface area contributed by atoms with Gasteiger partial charge in [-0.15, -0.1) is 0 Å². The fourth-order valence-corrected chi connectivity index (χ4v) is 4.28. The van der Waals surface area contributed by atoms with Crippen molar-refractivity contribution in [3.63, 3.8) is 0 Å². The Morgan fingerprint density at radius 2 is 1.93 bits per heavy atom. The van der Waals surface area contributed by atoms with Crippen molar-refractivity contribution in [3.8, 4) is 0 Å². The Labute approximate surface area is 173 Å². The number of aliphatic hydroxyl groups is 1. The Morgan fingerprint density at radius 1 is 1.21 bits per heavy atom. The van der Waals surface area contributed by atoms with Crippen molar-refractivity contribution in [2.24, 2.45) is 5.73 Å². The van der Waals surface area contributed by atoms with Crippen molar-refractivity contribution in [2.45, 2.75) is 24.6 Å². The molecule has 2 amide bonds. The molecular formula is C22H20ClN3O3. The summed E-state index contributed by atoms with van der Waals surface area (Å²) >= 11 is 6.32. The lowest BCUT2D eigenvalue weighted by Crippen LogP contribution is -2.65. The number of amides is 2. The maximum Gasteiger partial charge on any atom is 0.247 e. The zero-order valence-electron chi connectivity index (χ0n) is 15.5. The van der Waals surface area contributed by atoms with E-state index < -0.39 is 17.7 Å². The van der Waals surface area contributed by atoms with Crippen molar-refractivity contribution in [2.75, 3.05) is 4.90 Å². The molecule has 148 valence electrons. The van der Waals surface area contributed by atoms with Crippen molar-refractivity contribution in [1.29, 1.82) is 0 Å². The van der Waals surface area contributed by atoms with E-state index in [-0.39, 0.29) is 5.57 Å². The van der Waals surface area contributed by atoms with Gasteiger partial charge in [0.2, 0.25) is 12.3 Å². The number of aliphatic hydroxyl groups excluding tert-OH is 1. The van der Waals surface area contributed by atoms with Crippen LogP contribution in [0.1, 0.15) is 11.1 Å². The molecule has 2 atom stereocenters. The fourth-order valence-electron chi connectivity index (χ4n) is 4.11. The molecule has 0 radical (unpaired) electrons. The van der Waals surface area contributed by atoms with E-state index in [1.54, 1.807) is 18.2 Å². The second-order valence-electron chi connectivity index (χ2n) is 7.07. The first kappa shape index (κ1) is 19.2. The third kappa shape index (κ3) is 3.10. The molecule has 0 aromatic heterocycles. The average molecular weight is 410 g/mol. The maximum atomic E-state index is 12.0. The minimum absolute atomic E-state index is 0.00663. The molecule has 7 heteroatoms. The quantitative estimate of drug-likeness (QED) is 0.675. The first-order chi connectivity index (χ1) is 14.0. The van der Waals surface area contributed by atoms with E-state index in [1.165, 1.54) is 6.08 Å². The molecule has 2 aromatic carbocycles. The average Bonchev–Trinajstić information content (AvgIpc) is 2.86. The second kappa shape index (κ2) is 7.39. The summed E-state index contributed by atoms with van der Waals surface area (Å²) in [5.74, 6) is -0.756. The summed E-state index contributed by atoms with van der Waals surface area (Å²) in [5, 5.41) is 14.5. The van der Waals surface area contributed by atoms with Gasteiger partial charge in [-0.05, 0) is 48.2 Å². The standard InChI is InChI=1S/C22H20ClN3O3/c23-16-10-9-15-8-7-14-4-1-2-6-18(14)26(19(15)12-16)22(25-13-27)11-3-5-17(20(22)28)21(24)29/h1-6,9-13,20,28H,7-8H2,(H2,24,29)(H,25,27). The molecule has 1 aliphatic carbocycles. The van der Waals surface area contributed by atoms with Crippen LogP contribution in [0, 0.1) is 0 Å². The Bertz CT molecular complexity index is 1050. The summed E-state index contributed by atoms with van der Waals surface area (Å²) in [5.41, 5.74) is 7.64. The van der Waals surface area contributed by atoms with Gasteiger partial charge in [0.15, 0.2) is 5.66 Å². The van der Waals surface area contributed by atoms with Crippen LogP contribution in [0.2, 0.25) is 5.02 Å². The van der Waals surface area contributed by atoms with E-state index in [0.29, 0.717) is 11.4 Å². The highest BCUT2D eigenvalue weighted by Gasteiger charge is 2.48. The first-order valence-electron chi connectivity index (χ1n) is 9.23. The van der Waals surface area contributed by atoms with Crippen LogP contribution in [0.4, 0.5) is 11.4 Å². The molecular weight excluding hydrogens is 390 g/mol. The number of aryl methyl sites for hydroxylation is 2. The zero-order chi connectivity index (χ0) is 20.6. The molecule has 1 heterocycles. The van der Waals surface area contributed by atoms with Gasteiger partial charge in [-0.1, -0.05) is 48.0 Å². The molecule has 2 aliphatic rings. The van der Waals surface area contributed by atoms with Gasteiger partial charge in [0.25, 0.3) is 0 Å². The van der Waals surface area contributed by atoms with Crippen LogP contribution in [0.5, 0.6) is 0 Å². The molecule has 6 nitrogen and oxygen atoms in total. The molecule has 4 N–H and O–H groups in total. The Hall–Kier alpha value is -3.09. The number of primary amides is 1. The van der Waals surface area contributed by atoms with Crippen LogP contribution in [0.25, 0.3) is 0 Å². The van der Waals surface area contributed by atoms with Gasteiger partial charge in [0.05, 0.1) is 0 Å². The Balaban J connectivity index is 2.02. The lowest BCUT2D eigenvalue weighted by molar-refractivity contribution is -0.117. The predicted molar refractivity (Wildman–Crippen MR) is 112 cm³/mol. The van der Waals surface area contributed by atoms with E-state index in [9.17, 15) is 14.7 Å². The second-order valence-corrected chi connectivity index (χ2v) is 7.51. The van der Waals surface area contributed by atoms with E-state index >= 15 is 0 Å². The van der Waals surface area contributed by atoms with Gasteiger partial charge in [0, 0.05) is 22.0 Å².